The normalized spacial score (nSPS) is 12.3. The van der Waals surface area contributed by atoms with Crippen molar-refractivity contribution >= 4 is 82.5 Å². The minimum absolute atomic E-state index is 0.0411. The fraction of sp³-hybridized carbons (Fsp3) is 0.481. The van der Waals surface area contributed by atoms with Crippen LogP contribution >= 0.6 is 35.4 Å². The summed E-state index contributed by atoms with van der Waals surface area (Å²) in [6, 6.07) is 21.3. The zero-order valence-corrected chi connectivity index (χ0v) is 43.9. The number of hydrogen-bond acceptors (Lipinski definition) is 13. The van der Waals surface area contributed by atoms with Gasteiger partial charge in [0.15, 0.2) is 0 Å². The lowest BCUT2D eigenvalue weighted by molar-refractivity contribution is -0.145. The van der Waals surface area contributed by atoms with E-state index in [0.29, 0.717) is 58.8 Å². The van der Waals surface area contributed by atoms with E-state index in [1.165, 1.54) is 12.7 Å². The molecule has 3 aromatic carbocycles. The number of fused-ring (bicyclic) bond motifs is 2. The summed E-state index contributed by atoms with van der Waals surface area (Å²) in [5.41, 5.74) is 4.47. The Labute approximate surface area is 441 Å². The highest BCUT2D eigenvalue weighted by Crippen LogP contribution is 2.26. The third-order valence-electron chi connectivity index (χ3n) is 11.2. The first-order chi connectivity index (χ1) is 35.0. The van der Waals surface area contributed by atoms with Crippen molar-refractivity contribution in [3.05, 3.63) is 98.6 Å². The fourth-order valence-corrected chi connectivity index (χ4v) is 7.74. The van der Waals surface area contributed by atoms with Crippen LogP contribution in [0.25, 0.3) is 0 Å². The lowest BCUT2D eigenvalue weighted by Gasteiger charge is -2.26. The molecule has 0 radical (unpaired) electrons. The fourth-order valence-electron chi connectivity index (χ4n) is 7.26. The van der Waals surface area contributed by atoms with Crippen molar-refractivity contribution in [2.45, 2.75) is 89.3 Å². The van der Waals surface area contributed by atoms with Crippen molar-refractivity contribution < 1.29 is 57.2 Å². The molecule has 1 aliphatic rings. The first-order valence-corrected chi connectivity index (χ1v) is 25.7. The van der Waals surface area contributed by atoms with Crippen LogP contribution in [0, 0.1) is 15.4 Å². The Bertz CT molecular complexity index is 2280. The number of ether oxygens (including phenoxy) is 5. The van der Waals surface area contributed by atoms with Crippen LogP contribution in [0.2, 0.25) is 0 Å². The zero-order chi connectivity index (χ0) is 51.8. The number of unbranched alkanes of at least 4 members (excludes halogenated alkanes) is 1. The molecule has 0 saturated carbocycles. The Morgan fingerprint density at radius 2 is 1.24 bits per heavy atom. The number of rotatable bonds is 34. The second kappa shape index (κ2) is 34.7. The van der Waals surface area contributed by atoms with E-state index >= 15 is 0 Å². The standard InChI is InChI=1S/C52H67IN6O12S/c1-67-52(66)44(13-6-7-27-54-46(60)15-8-9-38-16-20-42(53)21-17-38)57-51(65)43(22-23-49(63)58-72)56-48(62)26-29-68-31-33-70-35-36-71-34-32-69-30-28-55-47(61)24-25-50(64)59-37-41-12-3-2-10-39(41)18-19-40-11-4-5-14-45(40)59/h2-5,10-12,14,16-17,20-21,43-44,72H,6-9,13,15,22-37H2,1H3,(H,54,60)(H,55,61)(H,56,62)(H,57,65)(H,58,63). The van der Waals surface area contributed by atoms with Crippen molar-refractivity contribution in [1.82, 2.24) is 26.0 Å². The maximum Gasteiger partial charge on any atom is 0.328 e. The van der Waals surface area contributed by atoms with Crippen LogP contribution < -0.4 is 30.9 Å². The molecule has 1 heterocycles. The van der Waals surface area contributed by atoms with E-state index in [1.807, 2.05) is 60.7 Å². The number of nitrogens with zero attached hydrogens (tertiary/aromatic N) is 1. The Hall–Kier alpha value is -5.57. The third kappa shape index (κ3) is 23.3. The number of thiol groups is 1. The summed E-state index contributed by atoms with van der Waals surface area (Å²) in [6.45, 7) is 3.09. The second-order valence-electron chi connectivity index (χ2n) is 16.6. The predicted octanol–water partition coefficient (Wildman–Crippen LogP) is 4.08. The van der Waals surface area contributed by atoms with Gasteiger partial charge in [0.05, 0.1) is 72.2 Å². The average Bonchev–Trinajstić information content (AvgIpc) is 3.38. The molecule has 20 heteroatoms. The number of anilines is 1. The monoisotopic (exact) mass is 1130 g/mol. The number of nitrogens with one attached hydrogen (secondary N) is 5. The van der Waals surface area contributed by atoms with Gasteiger partial charge in [-0.2, -0.15) is 0 Å². The highest BCUT2D eigenvalue weighted by atomic mass is 127. The number of carbonyl (C=O) groups excluding carboxylic acids is 7. The third-order valence-corrected chi connectivity index (χ3v) is 12.1. The molecule has 0 spiro atoms. The van der Waals surface area contributed by atoms with E-state index in [-0.39, 0.29) is 89.2 Å². The van der Waals surface area contributed by atoms with Gasteiger partial charge in [0, 0.05) is 59.9 Å². The van der Waals surface area contributed by atoms with Crippen LogP contribution in [0.1, 0.15) is 86.5 Å². The molecule has 390 valence electrons. The molecule has 18 nitrogen and oxygen atoms in total. The number of methoxy groups -OCH3 is 1. The van der Waals surface area contributed by atoms with E-state index in [4.69, 9.17) is 23.7 Å². The number of hydrogen-bond donors (Lipinski definition) is 6. The van der Waals surface area contributed by atoms with Crippen molar-refractivity contribution in [3.8, 4) is 11.8 Å². The van der Waals surface area contributed by atoms with Gasteiger partial charge in [-0.25, -0.2) is 4.79 Å². The number of esters is 1. The summed E-state index contributed by atoms with van der Waals surface area (Å²) in [5.74, 6) is 3.64. The van der Waals surface area contributed by atoms with Gasteiger partial charge in [0.2, 0.25) is 35.4 Å². The molecule has 0 saturated heterocycles. The van der Waals surface area contributed by atoms with Gasteiger partial charge in [-0.1, -0.05) is 67.1 Å². The number of halogens is 1. The highest BCUT2D eigenvalue weighted by molar-refractivity contribution is 14.1. The van der Waals surface area contributed by atoms with Gasteiger partial charge in [-0.05, 0) is 103 Å². The molecule has 2 unspecified atom stereocenters. The zero-order valence-electron chi connectivity index (χ0n) is 40.8. The predicted molar refractivity (Wildman–Crippen MR) is 281 cm³/mol. The topological polar surface area (TPSA) is 229 Å². The summed E-state index contributed by atoms with van der Waals surface area (Å²) in [5, 5.41) is 11.0. The summed E-state index contributed by atoms with van der Waals surface area (Å²) < 4.78 is 30.4. The quantitative estimate of drug-likeness (QED) is 0.0164. The minimum Gasteiger partial charge on any atom is -0.467 e. The smallest absolute Gasteiger partial charge is 0.328 e. The number of amides is 6. The molecule has 0 aliphatic carbocycles. The molecule has 4 rings (SSSR count). The van der Waals surface area contributed by atoms with E-state index in [2.05, 4.69) is 85.4 Å². The molecule has 0 bridgehead atoms. The van der Waals surface area contributed by atoms with Crippen LogP contribution in [-0.2, 0) is 70.2 Å². The van der Waals surface area contributed by atoms with Crippen molar-refractivity contribution in [2.75, 3.05) is 78.0 Å². The molecular weight excluding hydrogens is 1060 g/mol. The summed E-state index contributed by atoms with van der Waals surface area (Å²) in [6.07, 6.45) is 3.06. The van der Waals surface area contributed by atoms with Crippen LogP contribution in [0.3, 0.4) is 0 Å². The lowest BCUT2D eigenvalue weighted by atomic mass is 10.0. The number of carbonyl (C=O) groups is 7. The van der Waals surface area contributed by atoms with Gasteiger partial charge < -0.3 is 54.6 Å². The van der Waals surface area contributed by atoms with E-state index < -0.39 is 35.8 Å². The minimum atomic E-state index is -1.13. The molecule has 0 aromatic heterocycles. The number of para-hydroxylation sites is 1. The Morgan fingerprint density at radius 3 is 1.94 bits per heavy atom. The molecule has 3 aromatic rings. The van der Waals surface area contributed by atoms with Gasteiger partial charge >= 0.3 is 5.97 Å². The van der Waals surface area contributed by atoms with Crippen LogP contribution in [0.15, 0.2) is 72.8 Å². The van der Waals surface area contributed by atoms with Crippen LogP contribution in [0.5, 0.6) is 0 Å². The first-order valence-electron chi connectivity index (χ1n) is 24.2. The van der Waals surface area contributed by atoms with Crippen molar-refractivity contribution in [3.63, 3.8) is 0 Å². The molecule has 6 amide bonds. The largest absolute Gasteiger partial charge is 0.467 e. The molecule has 2 atom stereocenters. The molecule has 1 aliphatic heterocycles. The number of benzene rings is 3. The maximum absolute atomic E-state index is 13.4. The second-order valence-corrected chi connectivity index (χ2v) is 18.0. The molecule has 5 N–H and O–H groups in total. The Balaban J connectivity index is 1.00. The summed E-state index contributed by atoms with van der Waals surface area (Å²) in [4.78, 5) is 90.6. The van der Waals surface area contributed by atoms with Crippen molar-refractivity contribution in [2.24, 2.45) is 0 Å². The van der Waals surface area contributed by atoms with Gasteiger partial charge in [-0.15, -0.1) is 0 Å². The summed E-state index contributed by atoms with van der Waals surface area (Å²) in [7, 11) is 1.21. The SMILES string of the molecule is COC(=O)C(CCCCNC(=O)CCCc1ccc(I)cc1)NC(=O)C(CCC(=O)NS)NC(=O)CCOCCOCCOCCOCCNC(=O)CCC(=O)N1Cc2ccccc2C#Cc2ccccc21. The van der Waals surface area contributed by atoms with Gasteiger partial charge in [0.1, 0.15) is 12.1 Å². The lowest BCUT2D eigenvalue weighted by Crippen LogP contribution is -2.52. The molecule has 0 fully saturated rings. The summed E-state index contributed by atoms with van der Waals surface area (Å²) >= 11 is 6.01. The molecular formula is C52H67IN6O12S. The van der Waals surface area contributed by atoms with Crippen LogP contribution in [-0.4, -0.2) is 127 Å². The van der Waals surface area contributed by atoms with Gasteiger partial charge in [0.25, 0.3) is 0 Å². The first kappa shape index (κ1) is 59.0. The highest BCUT2D eigenvalue weighted by Gasteiger charge is 2.28. The Kier molecular flexibility index (Phi) is 28.5. The number of aryl methyl sites for hydroxylation is 1. The maximum atomic E-state index is 13.4. The van der Waals surface area contributed by atoms with Crippen molar-refractivity contribution in [1.29, 1.82) is 0 Å². The van der Waals surface area contributed by atoms with Gasteiger partial charge in [-0.3, -0.25) is 28.8 Å². The van der Waals surface area contributed by atoms with Crippen LogP contribution in [0.4, 0.5) is 5.69 Å². The molecule has 72 heavy (non-hydrogen) atoms. The van der Waals surface area contributed by atoms with E-state index in [1.54, 1.807) is 4.90 Å². The Morgan fingerprint density at radius 1 is 0.611 bits per heavy atom. The van der Waals surface area contributed by atoms with E-state index in [0.717, 1.165) is 38.8 Å². The average molecular weight is 1130 g/mol. The van der Waals surface area contributed by atoms with E-state index in [9.17, 15) is 33.6 Å².